The lowest BCUT2D eigenvalue weighted by atomic mass is 9.94. The van der Waals surface area contributed by atoms with E-state index in [1.807, 2.05) is 12.2 Å². The Labute approximate surface area is 111 Å². The maximum Gasteiger partial charge on any atom is 0.273 e. The highest BCUT2D eigenvalue weighted by molar-refractivity contribution is 5.97. The molecule has 5 nitrogen and oxygen atoms in total. The van der Waals surface area contributed by atoms with Crippen molar-refractivity contribution in [1.82, 2.24) is 10.9 Å². The summed E-state index contributed by atoms with van der Waals surface area (Å²) in [6.07, 6.45) is 6.38. The van der Waals surface area contributed by atoms with E-state index in [0.717, 1.165) is 12.8 Å². The second-order valence-electron chi connectivity index (χ2n) is 4.44. The van der Waals surface area contributed by atoms with E-state index < -0.39 is 5.91 Å². The summed E-state index contributed by atoms with van der Waals surface area (Å²) < 4.78 is 0. The van der Waals surface area contributed by atoms with Gasteiger partial charge in [-0.2, -0.15) is 0 Å². The van der Waals surface area contributed by atoms with Crippen LogP contribution in [0.4, 0.5) is 0 Å². The number of benzene rings is 1. The van der Waals surface area contributed by atoms with E-state index in [-0.39, 0.29) is 23.1 Å². The van der Waals surface area contributed by atoms with Gasteiger partial charge in [-0.15, -0.1) is 0 Å². The van der Waals surface area contributed by atoms with Gasteiger partial charge in [0.1, 0.15) is 5.75 Å². The van der Waals surface area contributed by atoms with E-state index in [4.69, 9.17) is 0 Å². The number of carbonyl (C=O) groups is 2. The molecule has 2 rings (SSSR count). The first kappa shape index (κ1) is 13.1. The van der Waals surface area contributed by atoms with Gasteiger partial charge in [-0.1, -0.05) is 24.3 Å². The average Bonchev–Trinajstić information content (AvgIpc) is 2.46. The van der Waals surface area contributed by atoms with E-state index in [1.165, 1.54) is 12.1 Å². The number of aromatic hydroxyl groups is 1. The van der Waals surface area contributed by atoms with Crippen LogP contribution >= 0.6 is 0 Å². The van der Waals surface area contributed by atoms with E-state index >= 15 is 0 Å². The van der Waals surface area contributed by atoms with Crippen LogP contribution in [-0.2, 0) is 4.79 Å². The van der Waals surface area contributed by atoms with Crippen molar-refractivity contribution in [2.45, 2.75) is 19.3 Å². The summed E-state index contributed by atoms with van der Waals surface area (Å²) in [4.78, 5) is 23.5. The van der Waals surface area contributed by atoms with Gasteiger partial charge in [0.2, 0.25) is 5.91 Å². The van der Waals surface area contributed by atoms with Gasteiger partial charge in [-0.25, -0.2) is 0 Å². The molecule has 0 aliphatic heterocycles. The minimum atomic E-state index is -0.530. The van der Waals surface area contributed by atoms with Crippen LogP contribution in [0.3, 0.4) is 0 Å². The van der Waals surface area contributed by atoms with Crippen LogP contribution < -0.4 is 10.9 Å². The number of nitrogens with one attached hydrogen (secondary N) is 2. The Morgan fingerprint density at radius 3 is 2.63 bits per heavy atom. The molecule has 1 aliphatic rings. The second kappa shape index (κ2) is 6.04. The normalized spacial score (nSPS) is 17.8. The van der Waals surface area contributed by atoms with Crippen LogP contribution in [0.25, 0.3) is 0 Å². The highest BCUT2D eigenvalue weighted by atomic mass is 16.3. The Bertz CT molecular complexity index is 511. The fraction of sp³-hybridized carbons (Fsp3) is 0.286. The number of hydrogen-bond acceptors (Lipinski definition) is 3. The van der Waals surface area contributed by atoms with Crippen LogP contribution in [0.1, 0.15) is 29.6 Å². The number of carbonyl (C=O) groups excluding carboxylic acids is 2. The largest absolute Gasteiger partial charge is 0.507 e. The van der Waals surface area contributed by atoms with Gasteiger partial charge >= 0.3 is 0 Å². The van der Waals surface area contributed by atoms with Crippen molar-refractivity contribution in [3.05, 3.63) is 42.0 Å². The Kier molecular flexibility index (Phi) is 4.18. The Balaban J connectivity index is 1.88. The second-order valence-corrected chi connectivity index (χ2v) is 4.44. The molecule has 1 atom stereocenters. The number of phenolic OH excluding ortho intramolecular Hbond substituents is 1. The molecule has 2 amide bonds. The first-order valence-electron chi connectivity index (χ1n) is 6.21. The SMILES string of the molecule is O=C(NNC(=O)[C@H]1CC=CCC1)c1ccccc1O. The third-order valence-corrected chi connectivity index (χ3v) is 3.09. The van der Waals surface area contributed by atoms with Crippen LogP contribution in [-0.4, -0.2) is 16.9 Å². The van der Waals surface area contributed by atoms with Crippen molar-refractivity contribution in [2.24, 2.45) is 5.92 Å². The van der Waals surface area contributed by atoms with Crippen molar-refractivity contribution in [1.29, 1.82) is 0 Å². The summed E-state index contributed by atoms with van der Waals surface area (Å²) in [5.74, 6) is -0.949. The molecule has 1 aromatic carbocycles. The van der Waals surface area contributed by atoms with Crippen molar-refractivity contribution in [3.8, 4) is 5.75 Å². The molecule has 1 aliphatic carbocycles. The Morgan fingerprint density at radius 1 is 1.16 bits per heavy atom. The molecule has 0 heterocycles. The number of hydrogen-bond donors (Lipinski definition) is 3. The number of para-hydroxylation sites is 1. The molecular weight excluding hydrogens is 244 g/mol. The molecule has 0 saturated heterocycles. The summed E-state index contributed by atoms with van der Waals surface area (Å²) in [5, 5.41) is 9.51. The molecule has 3 N–H and O–H groups in total. The Morgan fingerprint density at radius 2 is 1.95 bits per heavy atom. The van der Waals surface area contributed by atoms with Crippen LogP contribution in [0.2, 0.25) is 0 Å². The van der Waals surface area contributed by atoms with Gasteiger partial charge in [0.15, 0.2) is 0 Å². The summed E-state index contributed by atoms with van der Waals surface area (Å²) in [6, 6.07) is 6.17. The van der Waals surface area contributed by atoms with Crippen molar-refractivity contribution >= 4 is 11.8 Å². The molecule has 0 bridgehead atoms. The van der Waals surface area contributed by atoms with Gasteiger partial charge in [0.25, 0.3) is 5.91 Å². The molecule has 100 valence electrons. The van der Waals surface area contributed by atoms with Gasteiger partial charge in [-0.3, -0.25) is 20.4 Å². The van der Waals surface area contributed by atoms with Gasteiger partial charge in [-0.05, 0) is 31.4 Å². The summed E-state index contributed by atoms with van der Waals surface area (Å²) in [6.45, 7) is 0. The third-order valence-electron chi connectivity index (χ3n) is 3.09. The van der Waals surface area contributed by atoms with Crippen molar-refractivity contribution in [3.63, 3.8) is 0 Å². The molecule has 0 aromatic heterocycles. The molecule has 5 heteroatoms. The lowest BCUT2D eigenvalue weighted by Gasteiger charge is -2.17. The van der Waals surface area contributed by atoms with Crippen LogP contribution in [0, 0.1) is 5.92 Å². The smallest absolute Gasteiger partial charge is 0.273 e. The highest BCUT2D eigenvalue weighted by Gasteiger charge is 2.19. The number of hydrazine groups is 1. The van der Waals surface area contributed by atoms with E-state index in [2.05, 4.69) is 10.9 Å². The van der Waals surface area contributed by atoms with Gasteiger partial charge in [0.05, 0.1) is 5.56 Å². The lowest BCUT2D eigenvalue weighted by molar-refractivity contribution is -0.126. The Hall–Kier alpha value is -2.30. The standard InChI is InChI=1S/C14H16N2O3/c17-12-9-5-4-8-11(12)14(19)16-15-13(18)10-6-2-1-3-7-10/h1-2,4-5,8-10,17H,3,6-7H2,(H,15,18)(H,16,19)/t10-/m0/s1. The number of rotatable bonds is 2. The van der Waals surface area contributed by atoms with E-state index in [0.29, 0.717) is 6.42 Å². The van der Waals surface area contributed by atoms with Crippen LogP contribution in [0.5, 0.6) is 5.75 Å². The summed E-state index contributed by atoms with van der Waals surface area (Å²) in [5.41, 5.74) is 4.84. The average molecular weight is 260 g/mol. The van der Waals surface area contributed by atoms with Crippen LogP contribution in [0.15, 0.2) is 36.4 Å². The molecule has 0 saturated carbocycles. The minimum Gasteiger partial charge on any atom is -0.507 e. The zero-order chi connectivity index (χ0) is 13.7. The minimum absolute atomic E-state index is 0.102. The zero-order valence-electron chi connectivity index (χ0n) is 10.4. The van der Waals surface area contributed by atoms with Crippen molar-refractivity contribution in [2.75, 3.05) is 0 Å². The first-order valence-corrected chi connectivity index (χ1v) is 6.21. The summed E-state index contributed by atoms with van der Waals surface area (Å²) in [7, 11) is 0. The first-order chi connectivity index (χ1) is 9.18. The van der Waals surface area contributed by atoms with Gasteiger partial charge < -0.3 is 5.11 Å². The number of amides is 2. The number of allylic oxidation sites excluding steroid dienone is 2. The predicted octanol–water partition coefficient (Wildman–Crippen LogP) is 1.51. The predicted molar refractivity (Wildman–Crippen MR) is 70.2 cm³/mol. The maximum absolute atomic E-state index is 11.8. The lowest BCUT2D eigenvalue weighted by Crippen LogP contribution is -2.44. The molecule has 1 aromatic rings. The quantitative estimate of drug-likeness (QED) is 0.557. The molecule has 0 spiro atoms. The molecular formula is C14H16N2O3. The zero-order valence-corrected chi connectivity index (χ0v) is 10.4. The number of phenols is 1. The van der Waals surface area contributed by atoms with E-state index in [9.17, 15) is 14.7 Å². The summed E-state index contributed by atoms with van der Waals surface area (Å²) >= 11 is 0. The fourth-order valence-corrected chi connectivity index (χ4v) is 1.99. The molecule has 19 heavy (non-hydrogen) atoms. The molecule has 0 fully saturated rings. The fourth-order valence-electron chi connectivity index (χ4n) is 1.99. The topological polar surface area (TPSA) is 78.4 Å². The van der Waals surface area contributed by atoms with Gasteiger partial charge in [0, 0.05) is 5.92 Å². The molecule has 0 radical (unpaired) electrons. The van der Waals surface area contributed by atoms with Crippen molar-refractivity contribution < 1.29 is 14.7 Å². The van der Waals surface area contributed by atoms with E-state index in [1.54, 1.807) is 12.1 Å². The highest BCUT2D eigenvalue weighted by Crippen LogP contribution is 2.18. The molecule has 0 unspecified atom stereocenters. The monoisotopic (exact) mass is 260 g/mol. The third kappa shape index (κ3) is 3.34. The maximum atomic E-state index is 11.8.